The van der Waals surface area contributed by atoms with Crippen LogP contribution in [0.4, 0.5) is 0 Å². The minimum Gasteiger partial charge on any atom is -0.491 e. The second kappa shape index (κ2) is 8.14. The van der Waals surface area contributed by atoms with E-state index in [0.29, 0.717) is 6.54 Å². The average molecular weight is 259 g/mol. The molecule has 102 valence electrons. The molecule has 1 aromatic rings. The summed E-state index contributed by atoms with van der Waals surface area (Å²) >= 11 is 0. The monoisotopic (exact) mass is 259 g/mol. The molecule has 0 aliphatic rings. The van der Waals surface area contributed by atoms with Gasteiger partial charge in [-0.1, -0.05) is 30.4 Å². The maximum atomic E-state index is 11.4. The Balaban J connectivity index is 2.43. The number of nitrogens with one attached hydrogen (secondary N) is 1. The van der Waals surface area contributed by atoms with Crippen LogP contribution in [0, 0.1) is 0 Å². The SMILES string of the molecule is CC=CC=CC(=O)NCc1ccc(OC(C)C)cc1. The highest BCUT2D eigenvalue weighted by atomic mass is 16.5. The van der Waals surface area contributed by atoms with Crippen LogP contribution in [0.25, 0.3) is 0 Å². The van der Waals surface area contributed by atoms with Crippen molar-refractivity contribution in [2.24, 2.45) is 0 Å². The summed E-state index contributed by atoms with van der Waals surface area (Å²) in [7, 11) is 0. The molecule has 1 aromatic carbocycles. The number of hydrogen-bond donors (Lipinski definition) is 1. The van der Waals surface area contributed by atoms with Crippen molar-refractivity contribution >= 4 is 5.91 Å². The Hall–Kier alpha value is -2.03. The lowest BCUT2D eigenvalue weighted by Gasteiger charge is -2.10. The van der Waals surface area contributed by atoms with E-state index in [-0.39, 0.29) is 12.0 Å². The molecule has 1 N–H and O–H groups in total. The molecule has 0 unspecified atom stereocenters. The van der Waals surface area contributed by atoms with Crippen LogP contribution in [-0.4, -0.2) is 12.0 Å². The highest BCUT2D eigenvalue weighted by Crippen LogP contribution is 2.13. The summed E-state index contributed by atoms with van der Waals surface area (Å²) in [5.74, 6) is 0.749. The second-order valence-corrected chi connectivity index (χ2v) is 4.41. The van der Waals surface area contributed by atoms with Crippen LogP contribution in [0.2, 0.25) is 0 Å². The molecule has 0 saturated heterocycles. The van der Waals surface area contributed by atoms with Gasteiger partial charge in [0.25, 0.3) is 0 Å². The summed E-state index contributed by atoms with van der Waals surface area (Å²) in [5.41, 5.74) is 1.05. The lowest BCUT2D eigenvalue weighted by atomic mass is 10.2. The molecule has 0 radical (unpaired) electrons. The zero-order valence-electron chi connectivity index (χ0n) is 11.7. The standard InChI is InChI=1S/C16H21NO2/c1-4-5-6-7-16(18)17-12-14-8-10-15(11-9-14)19-13(2)3/h4-11,13H,12H2,1-3H3,(H,17,18). The van der Waals surface area contributed by atoms with Crippen molar-refractivity contribution in [1.29, 1.82) is 0 Å². The fourth-order valence-corrected chi connectivity index (χ4v) is 1.46. The summed E-state index contributed by atoms with van der Waals surface area (Å²) in [5, 5.41) is 2.82. The van der Waals surface area contributed by atoms with E-state index in [1.807, 2.05) is 57.2 Å². The number of allylic oxidation sites excluding steroid dienone is 3. The zero-order chi connectivity index (χ0) is 14.1. The van der Waals surface area contributed by atoms with E-state index < -0.39 is 0 Å². The van der Waals surface area contributed by atoms with Gasteiger partial charge in [0, 0.05) is 12.6 Å². The summed E-state index contributed by atoms with van der Waals surface area (Å²) in [4.78, 5) is 11.4. The quantitative estimate of drug-likeness (QED) is 0.629. The summed E-state index contributed by atoms with van der Waals surface area (Å²) < 4.78 is 5.55. The van der Waals surface area contributed by atoms with E-state index in [0.717, 1.165) is 11.3 Å². The van der Waals surface area contributed by atoms with Gasteiger partial charge in [-0.3, -0.25) is 4.79 Å². The number of rotatable bonds is 6. The number of ether oxygens (including phenoxy) is 1. The average Bonchev–Trinajstić information content (AvgIpc) is 2.37. The highest BCUT2D eigenvalue weighted by molar-refractivity contribution is 5.87. The minimum atomic E-state index is -0.0967. The third-order valence-electron chi connectivity index (χ3n) is 2.31. The first-order chi connectivity index (χ1) is 9.11. The first-order valence-corrected chi connectivity index (χ1v) is 6.44. The lowest BCUT2D eigenvalue weighted by Crippen LogP contribution is -2.20. The van der Waals surface area contributed by atoms with Gasteiger partial charge in [-0.2, -0.15) is 0 Å². The summed E-state index contributed by atoms with van der Waals surface area (Å²) in [6.45, 7) is 6.40. The molecular formula is C16H21NO2. The van der Waals surface area contributed by atoms with Crippen LogP contribution in [-0.2, 0) is 11.3 Å². The number of benzene rings is 1. The third-order valence-corrected chi connectivity index (χ3v) is 2.31. The molecule has 0 aliphatic carbocycles. The Bertz CT molecular complexity index is 444. The van der Waals surface area contributed by atoms with Gasteiger partial charge >= 0.3 is 0 Å². The molecule has 0 spiro atoms. The van der Waals surface area contributed by atoms with E-state index in [1.54, 1.807) is 6.08 Å². The van der Waals surface area contributed by atoms with Gasteiger partial charge in [-0.25, -0.2) is 0 Å². The minimum absolute atomic E-state index is 0.0967. The molecule has 0 heterocycles. The normalized spacial score (nSPS) is 11.4. The molecule has 1 rings (SSSR count). The van der Waals surface area contributed by atoms with Crippen LogP contribution >= 0.6 is 0 Å². The smallest absolute Gasteiger partial charge is 0.244 e. The molecule has 0 bridgehead atoms. The number of hydrogen-bond acceptors (Lipinski definition) is 2. The van der Waals surface area contributed by atoms with Crippen LogP contribution in [0.3, 0.4) is 0 Å². The maximum Gasteiger partial charge on any atom is 0.244 e. The maximum absolute atomic E-state index is 11.4. The summed E-state index contributed by atoms with van der Waals surface area (Å²) in [6.07, 6.45) is 7.09. The first-order valence-electron chi connectivity index (χ1n) is 6.44. The lowest BCUT2D eigenvalue weighted by molar-refractivity contribution is -0.116. The molecule has 0 fully saturated rings. The van der Waals surface area contributed by atoms with Crippen LogP contribution in [0.15, 0.2) is 48.6 Å². The topological polar surface area (TPSA) is 38.3 Å². The van der Waals surface area contributed by atoms with Crippen molar-refractivity contribution in [2.45, 2.75) is 33.4 Å². The van der Waals surface area contributed by atoms with Crippen LogP contribution in [0.5, 0.6) is 5.75 Å². The fourth-order valence-electron chi connectivity index (χ4n) is 1.46. The summed E-state index contributed by atoms with van der Waals surface area (Å²) in [6, 6.07) is 7.73. The fraction of sp³-hybridized carbons (Fsp3) is 0.312. The van der Waals surface area contributed by atoms with Gasteiger partial charge in [0.2, 0.25) is 5.91 Å². The molecule has 19 heavy (non-hydrogen) atoms. The largest absolute Gasteiger partial charge is 0.491 e. The second-order valence-electron chi connectivity index (χ2n) is 4.41. The van der Waals surface area contributed by atoms with Gasteiger partial charge in [0.05, 0.1) is 6.10 Å². The Labute approximate surface area is 115 Å². The van der Waals surface area contributed by atoms with E-state index in [9.17, 15) is 4.79 Å². The third kappa shape index (κ3) is 6.46. The van der Waals surface area contributed by atoms with Crippen molar-refractivity contribution in [3.8, 4) is 5.75 Å². The van der Waals surface area contributed by atoms with Crippen molar-refractivity contribution < 1.29 is 9.53 Å². The van der Waals surface area contributed by atoms with Gasteiger partial charge < -0.3 is 10.1 Å². The van der Waals surface area contributed by atoms with Gasteiger partial charge in [-0.15, -0.1) is 0 Å². The molecule has 0 aliphatic heterocycles. The number of carbonyl (C=O) groups excluding carboxylic acids is 1. The Kier molecular flexibility index (Phi) is 6.44. The Morgan fingerprint density at radius 1 is 1.26 bits per heavy atom. The Morgan fingerprint density at radius 2 is 1.95 bits per heavy atom. The first kappa shape index (κ1) is 15.0. The van der Waals surface area contributed by atoms with Crippen LogP contribution < -0.4 is 10.1 Å². The highest BCUT2D eigenvalue weighted by Gasteiger charge is 1.99. The van der Waals surface area contributed by atoms with Gasteiger partial charge in [0.1, 0.15) is 5.75 Å². The molecule has 0 saturated carbocycles. The molecule has 0 aromatic heterocycles. The van der Waals surface area contributed by atoms with Gasteiger partial charge in [-0.05, 0) is 38.5 Å². The molecule has 3 heteroatoms. The molecular weight excluding hydrogens is 238 g/mol. The number of carbonyl (C=O) groups is 1. The van der Waals surface area contributed by atoms with Gasteiger partial charge in [0.15, 0.2) is 0 Å². The van der Waals surface area contributed by atoms with Crippen molar-refractivity contribution in [1.82, 2.24) is 5.32 Å². The molecule has 0 atom stereocenters. The Morgan fingerprint density at radius 3 is 2.53 bits per heavy atom. The van der Waals surface area contributed by atoms with Crippen molar-refractivity contribution in [3.63, 3.8) is 0 Å². The predicted molar refractivity (Wildman–Crippen MR) is 78.0 cm³/mol. The van der Waals surface area contributed by atoms with Crippen molar-refractivity contribution in [3.05, 3.63) is 54.1 Å². The predicted octanol–water partition coefficient (Wildman–Crippen LogP) is 3.22. The van der Waals surface area contributed by atoms with E-state index >= 15 is 0 Å². The molecule has 3 nitrogen and oxygen atoms in total. The van der Waals surface area contributed by atoms with Crippen molar-refractivity contribution in [2.75, 3.05) is 0 Å². The van der Waals surface area contributed by atoms with E-state index in [4.69, 9.17) is 4.74 Å². The van der Waals surface area contributed by atoms with E-state index in [2.05, 4.69) is 5.32 Å². The van der Waals surface area contributed by atoms with E-state index in [1.165, 1.54) is 6.08 Å². The number of amides is 1. The van der Waals surface area contributed by atoms with Crippen LogP contribution in [0.1, 0.15) is 26.3 Å². The zero-order valence-corrected chi connectivity index (χ0v) is 11.7. The molecule has 1 amide bonds.